The van der Waals surface area contributed by atoms with E-state index in [1.54, 1.807) is 12.1 Å². The highest BCUT2D eigenvalue weighted by atomic mass is 16.3. The van der Waals surface area contributed by atoms with Crippen molar-refractivity contribution in [1.29, 1.82) is 0 Å². The van der Waals surface area contributed by atoms with Crippen LogP contribution in [-0.4, -0.2) is 34.7 Å². The maximum atomic E-state index is 12.6. The number of carbonyl (C=O) groups excluding carboxylic acids is 1. The maximum absolute atomic E-state index is 12.6. The minimum Gasteiger partial charge on any atom is -0.508 e. The summed E-state index contributed by atoms with van der Waals surface area (Å²) in [6.07, 6.45) is 0. The molecule has 3 rings (SSSR count). The van der Waals surface area contributed by atoms with Gasteiger partial charge in [0.15, 0.2) is 5.76 Å². The third-order valence-corrected chi connectivity index (χ3v) is 5.16. The number of carbonyl (C=O) groups is 1. The van der Waals surface area contributed by atoms with E-state index >= 15 is 0 Å². The van der Waals surface area contributed by atoms with E-state index in [0.29, 0.717) is 17.8 Å². The number of hydrazone groups is 1. The predicted octanol–water partition coefficient (Wildman–Crippen LogP) is 4.44. The number of para-hydroxylation sites is 1. The number of hydrogen-bond donors (Lipinski definition) is 2. The van der Waals surface area contributed by atoms with Gasteiger partial charge in [0.25, 0.3) is 0 Å². The van der Waals surface area contributed by atoms with Crippen molar-refractivity contribution >= 4 is 22.6 Å². The molecule has 0 spiro atoms. The fourth-order valence-electron chi connectivity index (χ4n) is 3.27. The molecular weight excluding hydrogens is 366 g/mol. The van der Waals surface area contributed by atoms with Gasteiger partial charge < -0.3 is 9.52 Å². The molecule has 1 amide bonds. The number of rotatable bonds is 7. The van der Waals surface area contributed by atoms with Gasteiger partial charge in [0.1, 0.15) is 11.3 Å². The van der Waals surface area contributed by atoms with Crippen LogP contribution in [0.1, 0.15) is 48.0 Å². The normalized spacial score (nSPS) is 12.0. The number of nitrogens with one attached hydrogen (secondary N) is 1. The summed E-state index contributed by atoms with van der Waals surface area (Å²) in [4.78, 5) is 14.8. The summed E-state index contributed by atoms with van der Waals surface area (Å²) in [7, 11) is 0. The van der Waals surface area contributed by atoms with Crippen LogP contribution >= 0.6 is 0 Å². The van der Waals surface area contributed by atoms with Crippen molar-refractivity contribution in [3.63, 3.8) is 0 Å². The molecule has 2 aromatic carbocycles. The predicted molar refractivity (Wildman–Crippen MR) is 115 cm³/mol. The number of nitrogens with zero attached hydrogens (tertiary/aromatic N) is 2. The zero-order valence-electron chi connectivity index (χ0n) is 17.3. The van der Waals surface area contributed by atoms with E-state index in [1.807, 2.05) is 44.2 Å². The van der Waals surface area contributed by atoms with Gasteiger partial charge in [-0.3, -0.25) is 9.69 Å². The first kappa shape index (κ1) is 20.6. The van der Waals surface area contributed by atoms with Crippen LogP contribution in [0, 0.1) is 6.92 Å². The summed E-state index contributed by atoms with van der Waals surface area (Å²) in [5, 5.41) is 15.3. The molecule has 29 heavy (non-hydrogen) atoms. The van der Waals surface area contributed by atoms with Crippen LogP contribution in [0.25, 0.3) is 11.0 Å². The Balaban J connectivity index is 1.78. The molecule has 0 aliphatic rings. The van der Waals surface area contributed by atoms with Crippen LogP contribution in [0.5, 0.6) is 5.75 Å². The Morgan fingerprint density at radius 2 is 1.90 bits per heavy atom. The van der Waals surface area contributed by atoms with Gasteiger partial charge >= 0.3 is 5.91 Å². The van der Waals surface area contributed by atoms with Crippen molar-refractivity contribution in [2.24, 2.45) is 5.10 Å². The van der Waals surface area contributed by atoms with Crippen LogP contribution in [0.3, 0.4) is 0 Å². The molecule has 152 valence electrons. The van der Waals surface area contributed by atoms with Gasteiger partial charge in [-0.15, -0.1) is 0 Å². The topological polar surface area (TPSA) is 78.1 Å². The monoisotopic (exact) mass is 393 g/mol. The molecule has 1 aromatic heterocycles. The summed E-state index contributed by atoms with van der Waals surface area (Å²) >= 11 is 0. The van der Waals surface area contributed by atoms with Crippen molar-refractivity contribution in [2.75, 3.05) is 13.1 Å². The fourth-order valence-corrected chi connectivity index (χ4v) is 3.27. The summed E-state index contributed by atoms with van der Waals surface area (Å²) < 4.78 is 5.68. The van der Waals surface area contributed by atoms with Gasteiger partial charge in [0.2, 0.25) is 0 Å². The molecule has 0 radical (unpaired) electrons. The average molecular weight is 393 g/mol. The first-order valence-corrected chi connectivity index (χ1v) is 9.82. The SMILES string of the molecule is CCN(CC)Cc1cc(/C(C)=N/NC(=O)c2oc3ccccc3c2C)ccc1O. The smallest absolute Gasteiger partial charge is 0.307 e. The Bertz CT molecular complexity index is 1050. The molecule has 6 nitrogen and oxygen atoms in total. The summed E-state index contributed by atoms with van der Waals surface area (Å²) in [6.45, 7) is 10.3. The second-order valence-electron chi connectivity index (χ2n) is 7.00. The van der Waals surface area contributed by atoms with E-state index in [2.05, 4.69) is 29.3 Å². The van der Waals surface area contributed by atoms with Crippen LogP contribution in [0.15, 0.2) is 52.0 Å². The zero-order chi connectivity index (χ0) is 21.0. The molecule has 0 unspecified atom stereocenters. The lowest BCUT2D eigenvalue weighted by molar-refractivity contribution is 0.0928. The number of benzene rings is 2. The Morgan fingerprint density at radius 1 is 1.17 bits per heavy atom. The molecule has 0 fully saturated rings. The number of amides is 1. The van der Waals surface area contributed by atoms with Crippen molar-refractivity contribution < 1.29 is 14.3 Å². The number of furan rings is 1. The van der Waals surface area contributed by atoms with Crippen molar-refractivity contribution in [3.8, 4) is 5.75 Å². The third-order valence-electron chi connectivity index (χ3n) is 5.16. The summed E-state index contributed by atoms with van der Waals surface area (Å²) in [6, 6.07) is 12.9. The van der Waals surface area contributed by atoms with Crippen molar-refractivity contribution in [1.82, 2.24) is 10.3 Å². The van der Waals surface area contributed by atoms with E-state index in [4.69, 9.17) is 4.42 Å². The van der Waals surface area contributed by atoms with Crippen LogP contribution in [-0.2, 0) is 6.54 Å². The largest absolute Gasteiger partial charge is 0.508 e. The maximum Gasteiger partial charge on any atom is 0.307 e. The molecular formula is C23H27N3O3. The molecule has 0 saturated carbocycles. The Labute approximate surface area is 170 Å². The van der Waals surface area contributed by atoms with Crippen molar-refractivity contribution in [3.05, 3.63) is 64.9 Å². The highest BCUT2D eigenvalue weighted by molar-refractivity contribution is 6.02. The van der Waals surface area contributed by atoms with Gasteiger partial charge in [0, 0.05) is 23.1 Å². The lowest BCUT2D eigenvalue weighted by Gasteiger charge is -2.19. The second kappa shape index (κ2) is 8.92. The minimum atomic E-state index is -0.389. The molecule has 2 N–H and O–H groups in total. The second-order valence-corrected chi connectivity index (χ2v) is 7.00. The van der Waals surface area contributed by atoms with E-state index in [0.717, 1.165) is 35.2 Å². The summed E-state index contributed by atoms with van der Waals surface area (Å²) in [5.41, 5.74) is 6.36. The highest BCUT2D eigenvalue weighted by Gasteiger charge is 2.17. The Hall–Kier alpha value is -3.12. The van der Waals surface area contributed by atoms with Crippen LogP contribution in [0.2, 0.25) is 0 Å². The van der Waals surface area contributed by atoms with Crippen molar-refractivity contribution in [2.45, 2.75) is 34.2 Å². The average Bonchev–Trinajstić information content (AvgIpc) is 3.08. The number of aryl methyl sites for hydroxylation is 1. The molecule has 0 aliphatic heterocycles. The third kappa shape index (κ3) is 4.49. The molecule has 0 bridgehead atoms. The first-order chi connectivity index (χ1) is 13.9. The van der Waals surface area contributed by atoms with Gasteiger partial charge in [-0.1, -0.05) is 32.0 Å². The number of aromatic hydroxyl groups is 1. The van der Waals surface area contributed by atoms with Gasteiger partial charge in [0.05, 0.1) is 5.71 Å². The van der Waals surface area contributed by atoms with Gasteiger partial charge in [-0.25, -0.2) is 5.43 Å². The number of hydrogen-bond acceptors (Lipinski definition) is 5. The Kier molecular flexibility index (Phi) is 6.34. The molecule has 0 saturated heterocycles. The van der Waals surface area contributed by atoms with Crippen LogP contribution in [0.4, 0.5) is 0 Å². The zero-order valence-corrected chi connectivity index (χ0v) is 17.3. The van der Waals surface area contributed by atoms with E-state index in [9.17, 15) is 9.90 Å². The Morgan fingerprint density at radius 3 is 2.59 bits per heavy atom. The highest BCUT2D eigenvalue weighted by Crippen LogP contribution is 2.25. The minimum absolute atomic E-state index is 0.260. The van der Waals surface area contributed by atoms with E-state index in [-0.39, 0.29) is 17.4 Å². The molecule has 3 aromatic rings. The number of phenols is 1. The van der Waals surface area contributed by atoms with E-state index < -0.39 is 0 Å². The standard InChI is InChI=1S/C23H27N3O3/c1-5-26(6-2)14-18-13-17(11-12-20(18)27)16(4)24-25-23(28)22-15(3)19-9-7-8-10-21(19)29-22/h7-13,27H,5-6,14H2,1-4H3,(H,25,28)/b24-16+. The fraction of sp³-hybridized carbons (Fsp3) is 0.304. The summed E-state index contributed by atoms with van der Waals surface area (Å²) in [5.74, 6) is 0.131. The lowest BCUT2D eigenvalue weighted by atomic mass is 10.1. The van der Waals surface area contributed by atoms with Gasteiger partial charge in [-0.2, -0.15) is 5.10 Å². The van der Waals surface area contributed by atoms with Crippen LogP contribution < -0.4 is 5.43 Å². The number of phenolic OH excluding ortho intramolecular Hbond substituents is 1. The lowest BCUT2D eigenvalue weighted by Crippen LogP contribution is -2.22. The first-order valence-electron chi connectivity index (χ1n) is 9.82. The van der Waals surface area contributed by atoms with Gasteiger partial charge in [-0.05, 0) is 56.8 Å². The molecule has 0 aliphatic carbocycles. The molecule has 6 heteroatoms. The number of fused-ring (bicyclic) bond motifs is 1. The quantitative estimate of drug-likeness (QED) is 0.459. The molecule has 1 heterocycles. The molecule has 0 atom stereocenters. The van der Waals surface area contributed by atoms with E-state index in [1.165, 1.54) is 0 Å².